The summed E-state index contributed by atoms with van der Waals surface area (Å²) < 4.78 is 5.20. The van der Waals surface area contributed by atoms with Crippen LogP contribution in [-0.2, 0) is 16.0 Å². The summed E-state index contributed by atoms with van der Waals surface area (Å²) in [5.74, 6) is -1.09. The molecule has 5 heteroatoms. The summed E-state index contributed by atoms with van der Waals surface area (Å²) in [6.07, 6.45) is 2.60. The maximum absolute atomic E-state index is 11.4. The minimum Gasteiger partial charge on any atom is -0.478 e. The van der Waals surface area contributed by atoms with E-state index in [0.717, 1.165) is 18.4 Å². The summed E-state index contributed by atoms with van der Waals surface area (Å²) in [7, 11) is 0. The minimum atomic E-state index is -0.944. The van der Waals surface area contributed by atoms with E-state index in [1.165, 1.54) is 0 Å². The largest absolute Gasteiger partial charge is 0.478 e. The third-order valence-corrected chi connectivity index (χ3v) is 2.79. The van der Waals surface area contributed by atoms with Crippen molar-refractivity contribution in [2.24, 2.45) is 0 Å². The first-order valence-electron chi connectivity index (χ1n) is 6.80. The maximum Gasteiger partial charge on any atom is 0.335 e. The molecule has 0 heterocycles. The van der Waals surface area contributed by atoms with Crippen molar-refractivity contribution in [1.82, 2.24) is 5.32 Å². The summed E-state index contributed by atoms with van der Waals surface area (Å²) in [6.45, 7) is 3.22. The Morgan fingerprint density at radius 3 is 2.85 bits per heavy atom. The smallest absolute Gasteiger partial charge is 0.335 e. The summed E-state index contributed by atoms with van der Waals surface area (Å²) in [6, 6.07) is 6.71. The number of amides is 1. The first-order chi connectivity index (χ1) is 9.63. The van der Waals surface area contributed by atoms with Gasteiger partial charge >= 0.3 is 5.97 Å². The fraction of sp³-hybridized carbons (Fsp3) is 0.467. The fourth-order valence-corrected chi connectivity index (χ4v) is 1.67. The van der Waals surface area contributed by atoms with E-state index in [-0.39, 0.29) is 18.1 Å². The van der Waals surface area contributed by atoms with Crippen molar-refractivity contribution in [1.29, 1.82) is 0 Å². The van der Waals surface area contributed by atoms with Gasteiger partial charge in [0.1, 0.15) is 6.61 Å². The Kier molecular flexibility index (Phi) is 7.35. The standard InChI is InChI=1S/C15H21NO4/c1-2-3-9-20-11-14(17)16-8-7-12-5-4-6-13(10-12)15(18)19/h4-6,10H,2-3,7-9,11H2,1H3,(H,16,17)(H,18,19). The molecule has 1 rings (SSSR count). The van der Waals surface area contributed by atoms with Gasteiger partial charge in [0.2, 0.25) is 5.91 Å². The van der Waals surface area contributed by atoms with Crippen LogP contribution in [0.1, 0.15) is 35.7 Å². The van der Waals surface area contributed by atoms with Gasteiger partial charge in [-0.05, 0) is 30.5 Å². The average molecular weight is 279 g/mol. The van der Waals surface area contributed by atoms with Crippen molar-refractivity contribution >= 4 is 11.9 Å². The molecular formula is C15H21NO4. The Hall–Kier alpha value is -1.88. The number of carbonyl (C=O) groups is 2. The monoisotopic (exact) mass is 279 g/mol. The Morgan fingerprint density at radius 1 is 1.35 bits per heavy atom. The molecule has 1 aromatic rings. The molecule has 0 saturated carbocycles. The third kappa shape index (κ3) is 6.33. The van der Waals surface area contributed by atoms with Crippen LogP contribution in [0.4, 0.5) is 0 Å². The van der Waals surface area contributed by atoms with Crippen molar-refractivity contribution in [2.45, 2.75) is 26.2 Å². The molecule has 0 aliphatic carbocycles. The van der Waals surface area contributed by atoms with Crippen molar-refractivity contribution < 1.29 is 19.4 Å². The number of carboxylic acids is 1. The maximum atomic E-state index is 11.4. The van der Waals surface area contributed by atoms with Crippen LogP contribution in [0.2, 0.25) is 0 Å². The van der Waals surface area contributed by atoms with Crippen LogP contribution in [-0.4, -0.2) is 36.7 Å². The minimum absolute atomic E-state index is 0.0785. The number of hydrogen-bond acceptors (Lipinski definition) is 3. The van der Waals surface area contributed by atoms with Gasteiger partial charge in [-0.2, -0.15) is 0 Å². The van der Waals surface area contributed by atoms with Crippen LogP contribution in [0.15, 0.2) is 24.3 Å². The van der Waals surface area contributed by atoms with E-state index in [2.05, 4.69) is 12.2 Å². The number of benzene rings is 1. The van der Waals surface area contributed by atoms with Crippen molar-refractivity contribution in [3.63, 3.8) is 0 Å². The topological polar surface area (TPSA) is 75.6 Å². The van der Waals surface area contributed by atoms with Crippen LogP contribution in [0.5, 0.6) is 0 Å². The van der Waals surface area contributed by atoms with Gasteiger partial charge in [0.25, 0.3) is 0 Å². The Balaban J connectivity index is 2.25. The number of ether oxygens (including phenoxy) is 1. The predicted molar refractivity (Wildman–Crippen MR) is 75.8 cm³/mol. The van der Waals surface area contributed by atoms with Gasteiger partial charge in [0.05, 0.1) is 5.56 Å². The fourth-order valence-electron chi connectivity index (χ4n) is 1.67. The number of nitrogens with one attached hydrogen (secondary N) is 1. The zero-order valence-corrected chi connectivity index (χ0v) is 11.7. The molecule has 0 aliphatic heterocycles. The first kappa shape index (κ1) is 16.2. The zero-order chi connectivity index (χ0) is 14.8. The molecule has 0 aromatic heterocycles. The highest BCUT2D eigenvalue weighted by molar-refractivity contribution is 5.87. The van der Waals surface area contributed by atoms with Crippen LogP contribution < -0.4 is 5.32 Å². The first-order valence-corrected chi connectivity index (χ1v) is 6.80. The van der Waals surface area contributed by atoms with Crippen LogP contribution in [0.3, 0.4) is 0 Å². The van der Waals surface area contributed by atoms with Gasteiger partial charge in [0.15, 0.2) is 0 Å². The zero-order valence-electron chi connectivity index (χ0n) is 11.7. The normalized spacial score (nSPS) is 10.2. The summed E-state index contributed by atoms with van der Waals surface area (Å²) in [5, 5.41) is 11.6. The summed E-state index contributed by atoms with van der Waals surface area (Å²) in [5.41, 5.74) is 1.15. The van der Waals surface area contributed by atoms with Crippen LogP contribution in [0, 0.1) is 0 Å². The number of carbonyl (C=O) groups excluding carboxylic acids is 1. The molecule has 1 amide bonds. The second kappa shape index (κ2) is 9.09. The van der Waals surface area contributed by atoms with E-state index < -0.39 is 5.97 Å². The quantitative estimate of drug-likeness (QED) is 0.677. The van der Waals surface area contributed by atoms with Crippen LogP contribution >= 0.6 is 0 Å². The molecule has 20 heavy (non-hydrogen) atoms. The highest BCUT2D eigenvalue weighted by atomic mass is 16.5. The molecule has 1 aromatic carbocycles. The molecule has 0 saturated heterocycles. The predicted octanol–water partition coefficient (Wildman–Crippen LogP) is 1.86. The number of hydrogen-bond donors (Lipinski definition) is 2. The lowest BCUT2D eigenvalue weighted by atomic mass is 10.1. The van der Waals surface area contributed by atoms with Gasteiger partial charge < -0.3 is 15.2 Å². The molecule has 0 bridgehead atoms. The summed E-state index contributed by atoms with van der Waals surface area (Å²) >= 11 is 0. The van der Waals surface area contributed by atoms with Gasteiger partial charge in [-0.1, -0.05) is 25.5 Å². The van der Waals surface area contributed by atoms with Gasteiger partial charge in [-0.15, -0.1) is 0 Å². The van der Waals surface area contributed by atoms with Gasteiger partial charge in [-0.3, -0.25) is 4.79 Å². The molecule has 0 unspecified atom stereocenters. The van der Waals surface area contributed by atoms with Crippen LogP contribution in [0.25, 0.3) is 0 Å². The van der Waals surface area contributed by atoms with Gasteiger partial charge in [0, 0.05) is 13.2 Å². The second-order valence-corrected chi connectivity index (χ2v) is 4.51. The van der Waals surface area contributed by atoms with E-state index in [9.17, 15) is 9.59 Å². The van der Waals surface area contributed by atoms with E-state index in [4.69, 9.17) is 9.84 Å². The lowest BCUT2D eigenvalue weighted by Crippen LogP contribution is -2.29. The van der Waals surface area contributed by atoms with Crippen molar-refractivity contribution in [2.75, 3.05) is 19.8 Å². The number of unbranched alkanes of at least 4 members (excludes halogenated alkanes) is 1. The number of carboxylic acid groups (broad SMARTS) is 1. The molecule has 110 valence electrons. The Bertz CT molecular complexity index is 445. The number of aromatic carboxylic acids is 1. The third-order valence-electron chi connectivity index (χ3n) is 2.79. The average Bonchev–Trinajstić information content (AvgIpc) is 2.44. The molecule has 0 aliphatic rings. The van der Waals surface area contributed by atoms with Crippen molar-refractivity contribution in [3.8, 4) is 0 Å². The van der Waals surface area contributed by atoms with E-state index in [1.54, 1.807) is 18.2 Å². The van der Waals surface area contributed by atoms with Crippen molar-refractivity contribution in [3.05, 3.63) is 35.4 Å². The molecule has 0 fully saturated rings. The molecule has 0 atom stereocenters. The van der Waals surface area contributed by atoms with E-state index in [0.29, 0.717) is 19.6 Å². The van der Waals surface area contributed by atoms with Gasteiger partial charge in [-0.25, -0.2) is 4.79 Å². The second-order valence-electron chi connectivity index (χ2n) is 4.51. The molecular weight excluding hydrogens is 258 g/mol. The Labute approximate surface area is 118 Å². The molecule has 0 spiro atoms. The summed E-state index contributed by atoms with van der Waals surface area (Å²) in [4.78, 5) is 22.3. The number of rotatable bonds is 9. The lowest BCUT2D eigenvalue weighted by Gasteiger charge is -2.06. The molecule has 0 radical (unpaired) electrons. The lowest BCUT2D eigenvalue weighted by molar-refractivity contribution is -0.125. The van der Waals surface area contributed by atoms with E-state index >= 15 is 0 Å². The van der Waals surface area contributed by atoms with E-state index in [1.807, 2.05) is 6.07 Å². The molecule has 2 N–H and O–H groups in total. The molecule has 5 nitrogen and oxygen atoms in total. The highest BCUT2D eigenvalue weighted by Gasteiger charge is 2.04. The highest BCUT2D eigenvalue weighted by Crippen LogP contribution is 2.05. The SMILES string of the molecule is CCCCOCC(=O)NCCc1cccc(C(=O)O)c1. The Morgan fingerprint density at radius 2 is 2.15 bits per heavy atom.